The molecular formula is C10H10ClN7. The molecule has 0 aliphatic heterocycles. The van der Waals surface area contributed by atoms with E-state index < -0.39 is 0 Å². The van der Waals surface area contributed by atoms with Crippen LogP contribution in [0.4, 0.5) is 5.82 Å². The number of aromatic nitrogens is 6. The van der Waals surface area contributed by atoms with Gasteiger partial charge >= 0.3 is 0 Å². The van der Waals surface area contributed by atoms with E-state index in [-0.39, 0.29) is 0 Å². The highest BCUT2D eigenvalue weighted by Gasteiger charge is 2.11. The van der Waals surface area contributed by atoms with Crippen LogP contribution in [0.25, 0.3) is 5.78 Å². The lowest BCUT2D eigenvalue weighted by atomic mass is 10.3. The lowest BCUT2D eigenvalue weighted by molar-refractivity contribution is 0.909. The third kappa shape index (κ3) is 1.78. The zero-order chi connectivity index (χ0) is 12.5. The third-order valence-corrected chi connectivity index (χ3v) is 2.97. The average Bonchev–Trinajstić information content (AvgIpc) is 3.00. The lowest BCUT2D eigenvalue weighted by Crippen LogP contribution is -2.09. The molecule has 0 aromatic carbocycles. The summed E-state index contributed by atoms with van der Waals surface area (Å²) in [5, 5.41) is 7.79. The van der Waals surface area contributed by atoms with Crippen LogP contribution < -0.4 is 5.32 Å². The Morgan fingerprint density at radius 2 is 2.39 bits per heavy atom. The monoisotopic (exact) mass is 263 g/mol. The van der Waals surface area contributed by atoms with Gasteiger partial charge in [0.1, 0.15) is 17.3 Å². The molecule has 92 valence electrons. The highest BCUT2D eigenvalue weighted by Crippen LogP contribution is 2.22. The van der Waals surface area contributed by atoms with Crippen LogP contribution in [0.2, 0.25) is 5.15 Å². The molecule has 0 bridgehead atoms. The molecule has 2 N–H and O–H groups in total. The van der Waals surface area contributed by atoms with Crippen molar-refractivity contribution >= 4 is 23.2 Å². The highest BCUT2D eigenvalue weighted by atomic mass is 35.5. The first-order chi connectivity index (χ1) is 8.75. The fourth-order valence-corrected chi connectivity index (χ4v) is 1.83. The Balaban J connectivity index is 1.99. The van der Waals surface area contributed by atoms with Crippen LogP contribution in [0.1, 0.15) is 11.3 Å². The first-order valence-corrected chi connectivity index (χ1v) is 5.70. The highest BCUT2D eigenvalue weighted by molar-refractivity contribution is 6.30. The van der Waals surface area contributed by atoms with Gasteiger partial charge in [-0.2, -0.15) is 19.6 Å². The van der Waals surface area contributed by atoms with Gasteiger partial charge in [-0.1, -0.05) is 11.6 Å². The van der Waals surface area contributed by atoms with Gasteiger partial charge in [-0.3, -0.25) is 0 Å². The number of imidazole rings is 1. The molecule has 0 atom stereocenters. The van der Waals surface area contributed by atoms with Gasteiger partial charge in [0.05, 0.1) is 18.6 Å². The summed E-state index contributed by atoms with van der Waals surface area (Å²) in [5.74, 6) is 1.25. The zero-order valence-corrected chi connectivity index (χ0v) is 10.3. The molecule has 3 aromatic rings. The van der Waals surface area contributed by atoms with Crippen molar-refractivity contribution in [2.75, 3.05) is 5.32 Å². The molecule has 0 aliphatic carbocycles. The molecule has 18 heavy (non-hydrogen) atoms. The summed E-state index contributed by atoms with van der Waals surface area (Å²) in [6, 6.07) is 0. The Hall–Kier alpha value is -2.15. The van der Waals surface area contributed by atoms with Gasteiger partial charge in [0.2, 0.25) is 0 Å². The number of aromatic amines is 1. The molecule has 3 heterocycles. The van der Waals surface area contributed by atoms with E-state index >= 15 is 0 Å². The van der Waals surface area contributed by atoms with Crippen LogP contribution >= 0.6 is 11.6 Å². The van der Waals surface area contributed by atoms with Crippen LogP contribution in [0.3, 0.4) is 0 Å². The number of hydrogen-bond donors (Lipinski definition) is 2. The molecular weight excluding hydrogens is 254 g/mol. The van der Waals surface area contributed by atoms with E-state index in [1.807, 2.05) is 6.92 Å². The summed E-state index contributed by atoms with van der Waals surface area (Å²) in [7, 11) is 0. The lowest BCUT2D eigenvalue weighted by Gasteiger charge is -2.10. The molecule has 0 unspecified atom stereocenters. The van der Waals surface area contributed by atoms with Gasteiger partial charge < -0.3 is 10.3 Å². The Kier molecular flexibility index (Phi) is 2.60. The number of nitrogens with one attached hydrogen (secondary N) is 2. The zero-order valence-electron chi connectivity index (χ0n) is 9.55. The predicted molar refractivity (Wildman–Crippen MR) is 66.4 cm³/mol. The average molecular weight is 264 g/mol. The second kappa shape index (κ2) is 4.26. The van der Waals surface area contributed by atoms with Crippen molar-refractivity contribution in [3.05, 3.63) is 35.3 Å². The number of halogens is 1. The SMILES string of the molecule is Cc1c(Cl)nc2ncnn2c1NCc1cnc[nH]1. The van der Waals surface area contributed by atoms with E-state index in [1.165, 1.54) is 6.33 Å². The Labute approximate surface area is 107 Å². The van der Waals surface area contributed by atoms with Crippen LogP contribution in [0.5, 0.6) is 0 Å². The largest absolute Gasteiger partial charge is 0.364 e. The summed E-state index contributed by atoms with van der Waals surface area (Å²) >= 11 is 6.06. The molecule has 0 saturated carbocycles. The van der Waals surface area contributed by atoms with E-state index in [0.29, 0.717) is 17.5 Å². The number of hydrogen-bond acceptors (Lipinski definition) is 5. The van der Waals surface area contributed by atoms with E-state index in [2.05, 4.69) is 30.4 Å². The maximum Gasteiger partial charge on any atom is 0.255 e. The second-order valence-electron chi connectivity index (χ2n) is 3.78. The molecule has 0 aliphatic rings. The minimum atomic E-state index is 0.419. The molecule has 0 radical (unpaired) electrons. The van der Waals surface area contributed by atoms with Crippen LogP contribution in [0.15, 0.2) is 18.9 Å². The first-order valence-electron chi connectivity index (χ1n) is 5.32. The third-order valence-electron chi connectivity index (χ3n) is 2.61. The van der Waals surface area contributed by atoms with E-state index in [1.54, 1.807) is 17.0 Å². The van der Waals surface area contributed by atoms with E-state index in [4.69, 9.17) is 11.6 Å². The number of anilines is 1. The fourth-order valence-electron chi connectivity index (χ4n) is 1.67. The summed E-state index contributed by atoms with van der Waals surface area (Å²) in [6.45, 7) is 2.47. The van der Waals surface area contributed by atoms with Crippen molar-refractivity contribution in [2.24, 2.45) is 0 Å². The second-order valence-corrected chi connectivity index (χ2v) is 4.14. The predicted octanol–water partition coefficient (Wildman–Crippen LogP) is 1.42. The number of rotatable bonds is 3. The molecule has 0 saturated heterocycles. The van der Waals surface area contributed by atoms with Crippen molar-refractivity contribution in [1.29, 1.82) is 0 Å². The van der Waals surface area contributed by atoms with Crippen molar-refractivity contribution < 1.29 is 0 Å². The fraction of sp³-hybridized carbons (Fsp3) is 0.200. The topological polar surface area (TPSA) is 83.8 Å². The van der Waals surface area contributed by atoms with Gasteiger partial charge in [0, 0.05) is 11.8 Å². The van der Waals surface area contributed by atoms with Gasteiger partial charge in [0.25, 0.3) is 5.78 Å². The number of nitrogens with zero attached hydrogens (tertiary/aromatic N) is 5. The Bertz CT molecular complexity index is 673. The molecule has 0 fully saturated rings. The normalized spacial score (nSPS) is 11.0. The smallest absolute Gasteiger partial charge is 0.255 e. The maximum absolute atomic E-state index is 6.06. The van der Waals surface area contributed by atoms with Crippen LogP contribution in [0, 0.1) is 6.92 Å². The molecule has 8 heteroatoms. The Morgan fingerprint density at radius 3 is 3.17 bits per heavy atom. The summed E-state index contributed by atoms with van der Waals surface area (Å²) < 4.78 is 1.62. The molecule has 3 aromatic heterocycles. The van der Waals surface area contributed by atoms with Crippen molar-refractivity contribution in [1.82, 2.24) is 29.5 Å². The molecule has 0 spiro atoms. The van der Waals surface area contributed by atoms with Crippen LogP contribution in [-0.4, -0.2) is 29.5 Å². The van der Waals surface area contributed by atoms with Gasteiger partial charge in [-0.15, -0.1) is 0 Å². The summed E-state index contributed by atoms with van der Waals surface area (Å²) in [5.41, 5.74) is 1.80. The summed E-state index contributed by atoms with van der Waals surface area (Å²) in [4.78, 5) is 15.1. The van der Waals surface area contributed by atoms with Gasteiger partial charge in [-0.25, -0.2) is 4.98 Å². The standard InChI is InChI=1S/C10H10ClN7/c1-6-8(11)17-10-15-5-16-18(10)9(6)13-3-7-2-12-4-14-7/h2,4-5,13H,3H2,1H3,(H,12,14). The van der Waals surface area contributed by atoms with Crippen molar-refractivity contribution in [2.45, 2.75) is 13.5 Å². The minimum absolute atomic E-state index is 0.419. The molecule has 7 nitrogen and oxygen atoms in total. The van der Waals surface area contributed by atoms with E-state index in [0.717, 1.165) is 17.1 Å². The van der Waals surface area contributed by atoms with E-state index in [9.17, 15) is 0 Å². The quantitative estimate of drug-likeness (QED) is 0.698. The van der Waals surface area contributed by atoms with Gasteiger partial charge in [0.15, 0.2) is 0 Å². The first kappa shape index (κ1) is 11.0. The van der Waals surface area contributed by atoms with Crippen molar-refractivity contribution in [3.8, 4) is 0 Å². The van der Waals surface area contributed by atoms with Gasteiger partial charge in [-0.05, 0) is 6.92 Å². The maximum atomic E-state index is 6.06. The number of H-pyrrole nitrogens is 1. The molecule has 0 amide bonds. The van der Waals surface area contributed by atoms with Crippen molar-refractivity contribution in [3.63, 3.8) is 0 Å². The number of fused-ring (bicyclic) bond motifs is 1. The minimum Gasteiger partial charge on any atom is -0.364 e. The van der Waals surface area contributed by atoms with Crippen LogP contribution in [-0.2, 0) is 6.54 Å². The summed E-state index contributed by atoms with van der Waals surface area (Å²) in [6.07, 6.45) is 4.83. The molecule has 3 rings (SSSR count). The Morgan fingerprint density at radius 1 is 1.50 bits per heavy atom.